The van der Waals surface area contributed by atoms with E-state index >= 15 is 0 Å². The quantitative estimate of drug-likeness (QED) is 0.862. The van der Waals surface area contributed by atoms with Gasteiger partial charge in [0.05, 0.1) is 0 Å². The molecule has 0 unspecified atom stereocenters. The Balaban J connectivity index is 1.87. The fourth-order valence-electron chi connectivity index (χ4n) is 2.58. The van der Waals surface area contributed by atoms with Crippen molar-refractivity contribution in [2.24, 2.45) is 7.05 Å². The Morgan fingerprint density at radius 2 is 1.88 bits per heavy atom. The van der Waals surface area contributed by atoms with Crippen LogP contribution in [0.25, 0.3) is 0 Å². The molecule has 0 aromatic carbocycles. The van der Waals surface area contributed by atoms with Crippen LogP contribution in [0.3, 0.4) is 0 Å². The summed E-state index contributed by atoms with van der Waals surface area (Å²) in [6.45, 7) is 7.85. The van der Waals surface area contributed by atoms with Gasteiger partial charge >= 0.3 is 0 Å². The minimum atomic E-state index is 0.700. The molecule has 96 valence electrons. The van der Waals surface area contributed by atoms with Gasteiger partial charge in [-0.3, -0.25) is 0 Å². The minimum Gasteiger partial charge on any atom is -0.352 e. The van der Waals surface area contributed by atoms with Crippen molar-refractivity contribution < 1.29 is 0 Å². The second-order valence-corrected chi connectivity index (χ2v) is 5.41. The van der Waals surface area contributed by atoms with Gasteiger partial charge in [0.1, 0.15) is 0 Å². The van der Waals surface area contributed by atoms with E-state index in [0.29, 0.717) is 6.04 Å². The van der Waals surface area contributed by atoms with Crippen molar-refractivity contribution in [3.63, 3.8) is 0 Å². The van der Waals surface area contributed by atoms with E-state index in [1.807, 2.05) is 0 Å². The molecule has 3 nitrogen and oxygen atoms in total. The summed E-state index contributed by atoms with van der Waals surface area (Å²) in [5, 5.41) is 3.70. The molecule has 0 atom stereocenters. The molecule has 1 fully saturated rings. The van der Waals surface area contributed by atoms with Crippen LogP contribution in [0.5, 0.6) is 0 Å². The van der Waals surface area contributed by atoms with Crippen molar-refractivity contribution in [2.45, 2.75) is 39.3 Å². The average molecular weight is 235 g/mol. The van der Waals surface area contributed by atoms with Crippen molar-refractivity contribution in [3.8, 4) is 0 Å². The number of nitrogens with zero attached hydrogens (tertiary/aromatic N) is 2. The molecule has 0 spiro atoms. The third-order valence-electron chi connectivity index (χ3n) is 4.18. The molecule has 1 N–H and O–H groups in total. The number of aryl methyl sites for hydroxylation is 1. The molecule has 2 heterocycles. The maximum Gasteiger partial charge on any atom is 0.0225 e. The third kappa shape index (κ3) is 2.90. The number of hydrogen-bond donors (Lipinski definition) is 1. The first-order valence-corrected chi connectivity index (χ1v) is 6.61. The van der Waals surface area contributed by atoms with Crippen molar-refractivity contribution in [1.29, 1.82) is 0 Å². The molecule has 2 rings (SSSR count). The van der Waals surface area contributed by atoms with Gasteiger partial charge < -0.3 is 14.8 Å². The standard InChI is InChI=1S/C14H25N3/c1-11-9-13(12(2)17(11)4)10-15-14-5-7-16(3)8-6-14/h9,14-15H,5-8,10H2,1-4H3. The van der Waals surface area contributed by atoms with Crippen LogP contribution in [0, 0.1) is 13.8 Å². The highest BCUT2D eigenvalue weighted by Gasteiger charge is 2.16. The first-order chi connectivity index (χ1) is 8.08. The topological polar surface area (TPSA) is 20.2 Å². The maximum atomic E-state index is 3.70. The monoisotopic (exact) mass is 235 g/mol. The second-order valence-electron chi connectivity index (χ2n) is 5.41. The number of likely N-dealkylation sites (tertiary alicyclic amines) is 1. The molecule has 1 aromatic heterocycles. The Labute approximate surface area is 105 Å². The zero-order chi connectivity index (χ0) is 12.4. The van der Waals surface area contributed by atoms with Gasteiger partial charge in [-0.2, -0.15) is 0 Å². The molecular formula is C14H25N3. The summed E-state index contributed by atoms with van der Waals surface area (Å²) in [4.78, 5) is 2.41. The first-order valence-electron chi connectivity index (χ1n) is 6.61. The molecule has 1 saturated heterocycles. The van der Waals surface area contributed by atoms with Gasteiger partial charge in [0.15, 0.2) is 0 Å². The van der Waals surface area contributed by atoms with E-state index in [2.05, 4.69) is 48.8 Å². The summed E-state index contributed by atoms with van der Waals surface area (Å²) in [6.07, 6.45) is 2.56. The summed E-state index contributed by atoms with van der Waals surface area (Å²) in [5.74, 6) is 0. The molecule has 0 bridgehead atoms. The smallest absolute Gasteiger partial charge is 0.0225 e. The number of rotatable bonds is 3. The van der Waals surface area contributed by atoms with E-state index in [1.54, 1.807) is 0 Å². The summed E-state index contributed by atoms with van der Waals surface area (Å²) in [7, 11) is 4.35. The fourth-order valence-corrected chi connectivity index (χ4v) is 2.58. The highest BCUT2D eigenvalue weighted by atomic mass is 15.1. The average Bonchev–Trinajstić information content (AvgIpc) is 2.56. The van der Waals surface area contributed by atoms with E-state index in [1.165, 1.54) is 42.9 Å². The lowest BCUT2D eigenvalue weighted by Gasteiger charge is -2.29. The number of nitrogens with one attached hydrogen (secondary N) is 1. The zero-order valence-corrected chi connectivity index (χ0v) is 11.6. The Bertz CT molecular complexity index is 373. The van der Waals surface area contributed by atoms with Crippen LogP contribution < -0.4 is 5.32 Å². The Hall–Kier alpha value is -0.800. The molecule has 0 aliphatic carbocycles. The van der Waals surface area contributed by atoms with Crippen molar-refractivity contribution in [2.75, 3.05) is 20.1 Å². The Kier molecular flexibility index (Phi) is 3.89. The molecule has 1 aromatic rings. The van der Waals surface area contributed by atoms with Crippen molar-refractivity contribution in [3.05, 3.63) is 23.0 Å². The van der Waals surface area contributed by atoms with Crippen LogP contribution >= 0.6 is 0 Å². The van der Waals surface area contributed by atoms with Gasteiger partial charge in [0.25, 0.3) is 0 Å². The highest BCUT2D eigenvalue weighted by molar-refractivity contribution is 5.26. The molecule has 17 heavy (non-hydrogen) atoms. The predicted octanol–water partition coefficient (Wildman–Crippen LogP) is 1.83. The van der Waals surface area contributed by atoms with Gasteiger partial charge in [-0.1, -0.05) is 0 Å². The van der Waals surface area contributed by atoms with Gasteiger partial charge in [-0.25, -0.2) is 0 Å². The van der Waals surface area contributed by atoms with Crippen molar-refractivity contribution in [1.82, 2.24) is 14.8 Å². The molecule has 0 amide bonds. The van der Waals surface area contributed by atoms with Gasteiger partial charge in [-0.15, -0.1) is 0 Å². The van der Waals surface area contributed by atoms with Crippen LogP contribution in [0.2, 0.25) is 0 Å². The van der Waals surface area contributed by atoms with Crippen LogP contribution in [-0.4, -0.2) is 35.6 Å². The normalized spacial score (nSPS) is 18.8. The zero-order valence-electron chi connectivity index (χ0n) is 11.6. The molecule has 1 aliphatic rings. The molecule has 3 heteroatoms. The Morgan fingerprint density at radius 3 is 2.41 bits per heavy atom. The number of piperidine rings is 1. The van der Waals surface area contributed by atoms with Gasteiger partial charge in [0, 0.05) is 31.0 Å². The lowest BCUT2D eigenvalue weighted by molar-refractivity contribution is 0.234. The first kappa shape index (κ1) is 12.7. The van der Waals surface area contributed by atoms with E-state index in [4.69, 9.17) is 0 Å². The lowest BCUT2D eigenvalue weighted by Crippen LogP contribution is -2.40. The Morgan fingerprint density at radius 1 is 1.24 bits per heavy atom. The van der Waals surface area contributed by atoms with Crippen LogP contribution in [0.15, 0.2) is 6.07 Å². The van der Waals surface area contributed by atoms with Crippen LogP contribution in [-0.2, 0) is 13.6 Å². The minimum absolute atomic E-state index is 0.700. The number of hydrogen-bond acceptors (Lipinski definition) is 2. The van der Waals surface area contributed by atoms with Crippen LogP contribution in [0.4, 0.5) is 0 Å². The van der Waals surface area contributed by atoms with E-state index in [0.717, 1.165) is 6.54 Å². The predicted molar refractivity (Wildman–Crippen MR) is 72.2 cm³/mol. The summed E-state index contributed by atoms with van der Waals surface area (Å²) in [6, 6.07) is 3.00. The lowest BCUT2D eigenvalue weighted by atomic mass is 10.1. The fraction of sp³-hybridized carbons (Fsp3) is 0.714. The SMILES string of the molecule is Cc1cc(CNC2CCN(C)CC2)c(C)n1C. The van der Waals surface area contributed by atoms with E-state index < -0.39 is 0 Å². The maximum absolute atomic E-state index is 3.70. The second kappa shape index (κ2) is 5.23. The third-order valence-corrected chi connectivity index (χ3v) is 4.18. The van der Waals surface area contributed by atoms with E-state index in [-0.39, 0.29) is 0 Å². The molecule has 0 saturated carbocycles. The van der Waals surface area contributed by atoms with Gasteiger partial charge in [-0.05, 0) is 58.5 Å². The van der Waals surface area contributed by atoms with Gasteiger partial charge in [0.2, 0.25) is 0 Å². The van der Waals surface area contributed by atoms with Crippen molar-refractivity contribution >= 4 is 0 Å². The largest absolute Gasteiger partial charge is 0.352 e. The van der Waals surface area contributed by atoms with Crippen LogP contribution in [0.1, 0.15) is 29.8 Å². The molecule has 0 radical (unpaired) electrons. The molecular weight excluding hydrogens is 210 g/mol. The summed E-state index contributed by atoms with van der Waals surface area (Å²) < 4.78 is 2.27. The summed E-state index contributed by atoms with van der Waals surface area (Å²) >= 11 is 0. The molecule has 1 aliphatic heterocycles. The van der Waals surface area contributed by atoms with E-state index in [9.17, 15) is 0 Å². The number of aromatic nitrogens is 1. The highest BCUT2D eigenvalue weighted by Crippen LogP contribution is 2.14. The summed E-state index contributed by atoms with van der Waals surface area (Å²) in [5.41, 5.74) is 4.19.